The third-order valence-electron chi connectivity index (χ3n) is 5.08. The van der Waals surface area contributed by atoms with Gasteiger partial charge in [0, 0.05) is 22.3 Å². The van der Waals surface area contributed by atoms with Crippen molar-refractivity contribution >= 4 is 45.5 Å². The van der Waals surface area contributed by atoms with Crippen molar-refractivity contribution in [2.24, 2.45) is 0 Å². The predicted molar refractivity (Wildman–Crippen MR) is 119 cm³/mol. The fourth-order valence-electron chi connectivity index (χ4n) is 3.45. The molecule has 1 N–H and O–H groups in total. The Labute approximate surface area is 187 Å². The summed E-state index contributed by atoms with van der Waals surface area (Å²) in [5.41, 5.74) is 1.47. The van der Waals surface area contributed by atoms with Crippen LogP contribution in [0, 0.1) is 13.8 Å². The number of methoxy groups -OCH3 is 1. The van der Waals surface area contributed by atoms with Gasteiger partial charge in [-0.2, -0.15) is 0 Å². The maximum Gasteiger partial charge on any atom is 0.301 e. The summed E-state index contributed by atoms with van der Waals surface area (Å²) in [7, 11) is 1.44. The molecule has 3 aromatic rings. The summed E-state index contributed by atoms with van der Waals surface area (Å²) >= 11 is 7.42. The van der Waals surface area contributed by atoms with Crippen LogP contribution in [0.1, 0.15) is 27.7 Å². The monoisotopic (exact) mass is 455 g/mol. The molecule has 0 bridgehead atoms. The zero-order valence-electron chi connectivity index (χ0n) is 16.9. The lowest BCUT2D eigenvalue weighted by atomic mass is 9.96. The van der Waals surface area contributed by atoms with Gasteiger partial charge in [0.05, 0.1) is 30.0 Å². The smallest absolute Gasteiger partial charge is 0.301 e. The van der Waals surface area contributed by atoms with E-state index >= 15 is 0 Å². The van der Waals surface area contributed by atoms with Crippen molar-refractivity contribution < 1.29 is 19.4 Å². The fourth-order valence-corrected chi connectivity index (χ4v) is 4.56. The number of benzene rings is 1. The number of amides is 1. The number of aromatic nitrogens is 2. The van der Waals surface area contributed by atoms with Crippen LogP contribution >= 0.6 is 22.9 Å². The van der Waals surface area contributed by atoms with Crippen LogP contribution in [0.3, 0.4) is 0 Å². The minimum Gasteiger partial charge on any atom is -0.507 e. The molecule has 9 heteroatoms. The molecule has 1 aliphatic rings. The molecule has 1 amide bonds. The number of rotatable bonds is 4. The summed E-state index contributed by atoms with van der Waals surface area (Å²) in [6.07, 6.45) is 3.15. The van der Waals surface area contributed by atoms with Gasteiger partial charge in [0.25, 0.3) is 5.78 Å². The van der Waals surface area contributed by atoms with E-state index in [-0.39, 0.29) is 16.9 Å². The Balaban J connectivity index is 1.98. The molecular formula is C22H18ClN3O4S. The Morgan fingerprint density at radius 2 is 2.03 bits per heavy atom. The molecule has 1 aliphatic heterocycles. The van der Waals surface area contributed by atoms with E-state index < -0.39 is 17.7 Å². The van der Waals surface area contributed by atoms with Crippen LogP contribution in [0.15, 0.2) is 48.3 Å². The number of aliphatic hydroxyl groups excluding tert-OH is 1. The SMILES string of the molecule is COc1ccc(Cl)cc1/C(O)=C1\C(=O)C(=O)N(c2nc(C)c(C)s2)[C@@H]1c1cccnc1. The number of hydrogen-bond donors (Lipinski definition) is 1. The maximum absolute atomic E-state index is 13.1. The van der Waals surface area contributed by atoms with E-state index in [1.54, 1.807) is 36.7 Å². The summed E-state index contributed by atoms with van der Waals surface area (Å²) in [6, 6.07) is 7.22. The van der Waals surface area contributed by atoms with Crippen molar-refractivity contribution in [2.75, 3.05) is 12.0 Å². The molecule has 2 aromatic heterocycles. The van der Waals surface area contributed by atoms with Crippen LogP contribution in [0.25, 0.3) is 5.76 Å². The summed E-state index contributed by atoms with van der Waals surface area (Å²) in [5.74, 6) is -1.65. The normalized spacial score (nSPS) is 17.9. The van der Waals surface area contributed by atoms with Crippen LogP contribution in [-0.2, 0) is 9.59 Å². The third-order valence-corrected chi connectivity index (χ3v) is 6.39. The predicted octanol–water partition coefficient (Wildman–Crippen LogP) is 4.44. The highest BCUT2D eigenvalue weighted by Gasteiger charge is 2.48. The Bertz CT molecular complexity index is 1200. The van der Waals surface area contributed by atoms with E-state index in [0.29, 0.717) is 21.5 Å². The molecule has 0 radical (unpaired) electrons. The number of hydrogen-bond acceptors (Lipinski definition) is 7. The van der Waals surface area contributed by atoms with Crippen molar-refractivity contribution in [1.29, 1.82) is 0 Å². The lowest BCUT2D eigenvalue weighted by molar-refractivity contribution is -0.132. The van der Waals surface area contributed by atoms with Gasteiger partial charge in [0.2, 0.25) is 0 Å². The molecule has 1 fully saturated rings. The zero-order chi connectivity index (χ0) is 22.3. The highest BCUT2D eigenvalue weighted by Crippen LogP contribution is 2.44. The number of Topliss-reactive ketones (excluding diaryl/α,β-unsaturated/α-hetero) is 1. The molecule has 31 heavy (non-hydrogen) atoms. The van der Waals surface area contributed by atoms with Crippen LogP contribution < -0.4 is 9.64 Å². The summed E-state index contributed by atoms with van der Waals surface area (Å²) < 4.78 is 5.33. The van der Waals surface area contributed by atoms with Crippen LogP contribution in [0.4, 0.5) is 5.13 Å². The number of aliphatic hydroxyl groups is 1. The first-order valence-electron chi connectivity index (χ1n) is 9.32. The van der Waals surface area contributed by atoms with E-state index in [1.807, 2.05) is 13.8 Å². The molecule has 158 valence electrons. The summed E-state index contributed by atoms with van der Waals surface area (Å²) in [5, 5.41) is 11.9. The Kier molecular flexibility index (Phi) is 5.51. The highest BCUT2D eigenvalue weighted by molar-refractivity contribution is 7.16. The van der Waals surface area contributed by atoms with Crippen LogP contribution in [0.2, 0.25) is 5.02 Å². The van der Waals surface area contributed by atoms with E-state index in [2.05, 4.69) is 9.97 Å². The standard InChI is InChI=1S/C22H18ClN3O4S/c1-11-12(2)31-22(25-11)26-18(13-5-4-8-24-10-13)17(20(28)21(26)29)19(27)15-9-14(23)6-7-16(15)30-3/h4-10,18,27H,1-3H3/b19-17+/t18-/m1/s1. The molecule has 0 aliphatic carbocycles. The number of carbonyl (C=O) groups is 2. The first-order valence-corrected chi connectivity index (χ1v) is 10.5. The van der Waals surface area contributed by atoms with Crippen LogP contribution in [0.5, 0.6) is 5.75 Å². The number of anilines is 1. The highest BCUT2D eigenvalue weighted by atomic mass is 35.5. The largest absolute Gasteiger partial charge is 0.507 e. The molecule has 1 saturated heterocycles. The maximum atomic E-state index is 13.1. The number of nitrogens with zero attached hydrogens (tertiary/aromatic N) is 3. The van der Waals surface area contributed by atoms with Gasteiger partial charge < -0.3 is 9.84 Å². The molecule has 0 spiro atoms. The first-order chi connectivity index (χ1) is 14.8. The van der Waals surface area contributed by atoms with Gasteiger partial charge in [0.1, 0.15) is 11.5 Å². The number of halogens is 1. The second-order valence-corrected chi connectivity index (χ2v) is 8.56. The van der Waals surface area contributed by atoms with E-state index in [4.69, 9.17) is 16.3 Å². The molecular weight excluding hydrogens is 438 g/mol. The Morgan fingerprint density at radius 1 is 1.26 bits per heavy atom. The molecule has 4 rings (SSSR count). The molecule has 1 aromatic carbocycles. The van der Waals surface area contributed by atoms with Gasteiger partial charge in [-0.1, -0.05) is 17.7 Å². The van der Waals surface area contributed by atoms with Crippen molar-refractivity contribution in [1.82, 2.24) is 9.97 Å². The van der Waals surface area contributed by atoms with Crippen LogP contribution in [-0.4, -0.2) is 33.9 Å². The number of pyridine rings is 1. The average Bonchev–Trinajstić information content (AvgIpc) is 3.23. The fraction of sp³-hybridized carbons (Fsp3) is 0.182. The van der Waals surface area contributed by atoms with Gasteiger partial charge in [-0.15, -0.1) is 11.3 Å². The average molecular weight is 456 g/mol. The Morgan fingerprint density at radius 3 is 2.65 bits per heavy atom. The van der Waals surface area contributed by atoms with Gasteiger partial charge in [-0.3, -0.25) is 19.5 Å². The van der Waals surface area contributed by atoms with E-state index in [9.17, 15) is 14.7 Å². The van der Waals surface area contributed by atoms with E-state index in [1.165, 1.54) is 29.4 Å². The van der Waals surface area contributed by atoms with Crippen molar-refractivity contribution in [3.63, 3.8) is 0 Å². The lowest BCUT2D eigenvalue weighted by Crippen LogP contribution is -2.29. The lowest BCUT2D eigenvalue weighted by Gasteiger charge is -2.22. The van der Waals surface area contributed by atoms with Gasteiger partial charge >= 0.3 is 5.91 Å². The number of ether oxygens (including phenoxy) is 1. The molecule has 0 saturated carbocycles. The molecule has 0 unspecified atom stereocenters. The molecule has 1 atom stereocenters. The minimum absolute atomic E-state index is 0.0796. The van der Waals surface area contributed by atoms with E-state index in [0.717, 1.165) is 10.6 Å². The third kappa shape index (κ3) is 3.58. The number of ketones is 1. The van der Waals surface area contributed by atoms with Crippen molar-refractivity contribution in [2.45, 2.75) is 19.9 Å². The summed E-state index contributed by atoms with van der Waals surface area (Å²) in [4.78, 5) is 37.1. The molecule has 7 nitrogen and oxygen atoms in total. The van der Waals surface area contributed by atoms with Gasteiger partial charge in [0.15, 0.2) is 5.13 Å². The molecule has 3 heterocycles. The topological polar surface area (TPSA) is 92.6 Å². The van der Waals surface area contributed by atoms with Gasteiger partial charge in [-0.05, 0) is 43.7 Å². The second kappa shape index (κ2) is 8.13. The first kappa shape index (κ1) is 21.0. The van der Waals surface area contributed by atoms with Gasteiger partial charge in [-0.25, -0.2) is 4.98 Å². The summed E-state index contributed by atoms with van der Waals surface area (Å²) in [6.45, 7) is 3.73. The van der Waals surface area contributed by atoms with Crippen molar-refractivity contribution in [3.8, 4) is 5.75 Å². The second-order valence-electron chi connectivity index (χ2n) is 6.94. The Hall–Kier alpha value is -3.23. The number of aryl methyl sites for hydroxylation is 2. The van der Waals surface area contributed by atoms with Crippen molar-refractivity contribution in [3.05, 3.63) is 75.0 Å². The number of thiazole rings is 1. The quantitative estimate of drug-likeness (QED) is 0.355. The zero-order valence-corrected chi connectivity index (χ0v) is 18.5. The number of carbonyl (C=O) groups excluding carboxylic acids is 2. The minimum atomic E-state index is -0.901.